The second-order valence-corrected chi connectivity index (χ2v) is 1.53. The zero-order chi connectivity index (χ0) is 5.98. The maximum atomic E-state index is 10.4. The minimum Gasteiger partial charge on any atom is -0.740 e. The average Bonchev–Trinajstić information content (AvgIpc) is 2.14. The summed E-state index contributed by atoms with van der Waals surface area (Å²) < 4.78 is 4.71. The summed E-state index contributed by atoms with van der Waals surface area (Å²) >= 11 is 0. The van der Waals surface area contributed by atoms with E-state index in [0.717, 1.165) is 0 Å². The van der Waals surface area contributed by atoms with Gasteiger partial charge in [0.15, 0.2) is 0 Å². The van der Waals surface area contributed by atoms with Gasteiger partial charge < -0.3 is 15.1 Å². The van der Waals surface area contributed by atoms with Crippen molar-refractivity contribution in [1.29, 1.82) is 0 Å². The Hall–Kier alpha value is -0.610. The lowest BCUT2D eigenvalue weighted by molar-refractivity contribution is 0.0138. The molecule has 4 nitrogen and oxygen atoms in total. The van der Waals surface area contributed by atoms with Crippen LogP contribution >= 0.6 is 0 Å². The SMILES string of the molecule is COC1CC=NN1[O-]. The molecular weight excluding hydrogens is 108 g/mol. The lowest BCUT2D eigenvalue weighted by atomic mass is 10.4. The van der Waals surface area contributed by atoms with Gasteiger partial charge in [-0.3, -0.25) is 0 Å². The molecule has 1 unspecified atom stereocenters. The van der Waals surface area contributed by atoms with E-state index in [2.05, 4.69) is 5.10 Å². The zero-order valence-corrected chi connectivity index (χ0v) is 4.57. The van der Waals surface area contributed by atoms with Crippen LogP contribution in [0.5, 0.6) is 0 Å². The molecule has 1 heterocycles. The fraction of sp³-hybridized carbons (Fsp3) is 0.750. The molecular formula is C4H7N2O2-. The van der Waals surface area contributed by atoms with E-state index in [9.17, 15) is 5.21 Å². The Morgan fingerprint density at radius 2 is 2.75 bits per heavy atom. The van der Waals surface area contributed by atoms with E-state index in [0.29, 0.717) is 11.6 Å². The van der Waals surface area contributed by atoms with Gasteiger partial charge in [0.05, 0.1) is 0 Å². The number of methoxy groups -OCH3 is 1. The van der Waals surface area contributed by atoms with Gasteiger partial charge in [-0.25, -0.2) is 0 Å². The number of hydrogen-bond donors (Lipinski definition) is 0. The van der Waals surface area contributed by atoms with Crippen molar-refractivity contribution in [3.8, 4) is 0 Å². The van der Waals surface area contributed by atoms with Crippen molar-refractivity contribution in [2.75, 3.05) is 7.11 Å². The first-order valence-electron chi connectivity index (χ1n) is 2.36. The zero-order valence-electron chi connectivity index (χ0n) is 4.57. The second kappa shape index (κ2) is 2.11. The van der Waals surface area contributed by atoms with E-state index >= 15 is 0 Å². The Kier molecular flexibility index (Phi) is 1.45. The number of rotatable bonds is 1. The number of hydrogen-bond acceptors (Lipinski definition) is 4. The molecule has 4 heteroatoms. The van der Waals surface area contributed by atoms with E-state index in [1.807, 2.05) is 0 Å². The van der Waals surface area contributed by atoms with E-state index in [-0.39, 0.29) is 6.23 Å². The molecule has 0 saturated heterocycles. The minimum absolute atomic E-state index is 0.380. The smallest absolute Gasteiger partial charge is 0.139 e. The van der Waals surface area contributed by atoms with Crippen LogP contribution in [-0.4, -0.2) is 24.7 Å². The number of nitrogens with zero attached hydrogens (tertiary/aromatic N) is 2. The molecule has 0 amide bonds. The summed E-state index contributed by atoms with van der Waals surface area (Å²) in [6.07, 6.45) is 1.76. The molecule has 0 spiro atoms. The Bertz CT molecular complexity index is 104. The molecule has 46 valence electrons. The third-order valence-corrected chi connectivity index (χ3v) is 1.02. The van der Waals surface area contributed by atoms with E-state index in [1.165, 1.54) is 7.11 Å². The molecule has 1 aliphatic heterocycles. The van der Waals surface area contributed by atoms with Crippen molar-refractivity contribution in [1.82, 2.24) is 5.17 Å². The van der Waals surface area contributed by atoms with E-state index < -0.39 is 0 Å². The van der Waals surface area contributed by atoms with Crippen LogP contribution in [0.25, 0.3) is 0 Å². The van der Waals surface area contributed by atoms with Crippen LogP contribution < -0.4 is 0 Å². The molecule has 0 aliphatic carbocycles. The van der Waals surface area contributed by atoms with Crippen molar-refractivity contribution < 1.29 is 4.74 Å². The highest BCUT2D eigenvalue weighted by atomic mass is 16.6. The standard InChI is InChI=1S/C4H7N2O2/c1-8-4-2-3-5-6(4)7/h3-4H,2H2,1H3/q-1. The number of ether oxygens (including phenoxy) is 1. The summed E-state index contributed by atoms with van der Waals surface area (Å²) in [6.45, 7) is 0. The number of hydrazone groups is 1. The third-order valence-electron chi connectivity index (χ3n) is 1.02. The Morgan fingerprint density at radius 1 is 2.00 bits per heavy atom. The van der Waals surface area contributed by atoms with Gasteiger partial charge >= 0.3 is 0 Å². The molecule has 0 aromatic rings. The highest BCUT2D eigenvalue weighted by Gasteiger charge is 2.10. The van der Waals surface area contributed by atoms with Crippen molar-refractivity contribution in [2.45, 2.75) is 12.6 Å². The van der Waals surface area contributed by atoms with Gasteiger partial charge in [-0.15, -0.1) is 0 Å². The van der Waals surface area contributed by atoms with Crippen molar-refractivity contribution in [3.05, 3.63) is 5.21 Å². The molecule has 0 radical (unpaired) electrons. The Morgan fingerprint density at radius 3 is 3.00 bits per heavy atom. The van der Waals surface area contributed by atoms with Crippen molar-refractivity contribution in [2.24, 2.45) is 5.10 Å². The van der Waals surface area contributed by atoms with Gasteiger partial charge in [-0.1, -0.05) is 0 Å². The van der Waals surface area contributed by atoms with Gasteiger partial charge in [0.25, 0.3) is 0 Å². The highest BCUT2D eigenvalue weighted by Crippen LogP contribution is 2.07. The van der Waals surface area contributed by atoms with Gasteiger partial charge in [0.1, 0.15) is 6.23 Å². The molecule has 0 aromatic heterocycles. The van der Waals surface area contributed by atoms with Crippen LogP contribution in [0.4, 0.5) is 0 Å². The van der Waals surface area contributed by atoms with Crippen molar-refractivity contribution >= 4 is 6.21 Å². The molecule has 1 aliphatic rings. The van der Waals surface area contributed by atoms with Gasteiger partial charge in [-0.05, 0) is 0 Å². The van der Waals surface area contributed by atoms with Crippen LogP contribution in [0.15, 0.2) is 5.10 Å². The third kappa shape index (κ3) is 0.801. The molecule has 0 fully saturated rings. The Balaban J connectivity index is 2.38. The lowest BCUT2D eigenvalue weighted by Gasteiger charge is -2.26. The van der Waals surface area contributed by atoms with Crippen LogP contribution in [0, 0.1) is 5.21 Å². The predicted octanol–water partition coefficient (Wildman–Crippen LogP) is 0.148. The molecule has 1 rings (SSSR count). The quantitative estimate of drug-likeness (QED) is 0.488. The topological polar surface area (TPSA) is 47.9 Å². The normalized spacial score (nSPS) is 27.2. The first-order chi connectivity index (χ1) is 3.84. The first kappa shape index (κ1) is 5.53. The van der Waals surface area contributed by atoms with Crippen LogP contribution in [0.1, 0.15) is 6.42 Å². The molecule has 0 aromatic carbocycles. The van der Waals surface area contributed by atoms with Gasteiger partial charge in [0, 0.05) is 19.7 Å². The molecule has 8 heavy (non-hydrogen) atoms. The molecule has 0 N–H and O–H groups in total. The summed E-state index contributed by atoms with van der Waals surface area (Å²) in [5.41, 5.74) is 0. The maximum Gasteiger partial charge on any atom is 0.139 e. The largest absolute Gasteiger partial charge is 0.740 e. The second-order valence-electron chi connectivity index (χ2n) is 1.53. The summed E-state index contributed by atoms with van der Waals surface area (Å²) in [5, 5.41) is 14.4. The van der Waals surface area contributed by atoms with Crippen LogP contribution in [-0.2, 0) is 4.74 Å². The highest BCUT2D eigenvalue weighted by molar-refractivity contribution is 5.59. The van der Waals surface area contributed by atoms with Crippen LogP contribution in [0.2, 0.25) is 0 Å². The van der Waals surface area contributed by atoms with Gasteiger partial charge in [0.2, 0.25) is 0 Å². The fourth-order valence-corrected chi connectivity index (χ4v) is 0.569. The fourth-order valence-electron chi connectivity index (χ4n) is 0.569. The van der Waals surface area contributed by atoms with E-state index in [1.54, 1.807) is 6.21 Å². The summed E-state index contributed by atoms with van der Waals surface area (Å²) in [4.78, 5) is 0. The maximum absolute atomic E-state index is 10.4. The molecule has 0 saturated carbocycles. The minimum atomic E-state index is -0.380. The van der Waals surface area contributed by atoms with E-state index in [4.69, 9.17) is 4.74 Å². The lowest BCUT2D eigenvalue weighted by Crippen LogP contribution is -2.21. The summed E-state index contributed by atoms with van der Waals surface area (Å²) in [5.74, 6) is 0. The summed E-state index contributed by atoms with van der Waals surface area (Å²) in [6, 6.07) is 0. The first-order valence-corrected chi connectivity index (χ1v) is 2.36. The molecule has 1 atom stereocenters. The van der Waals surface area contributed by atoms with Crippen molar-refractivity contribution in [3.63, 3.8) is 0 Å². The van der Waals surface area contributed by atoms with Gasteiger partial charge in [-0.2, -0.15) is 5.10 Å². The summed E-state index contributed by atoms with van der Waals surface area (Å²) in [7, 11) is 1.49. The Labute approximate surface area is 47.3 Å². The monoisotopic (exact) mass is 115 g/mol. The average molecular weight is 115 g/mol. The predicted molar refractivity (Wildman–Crippen MR) is 29.1 cm³/mol. The molecule has 0 bridgehead atoms. The van der Waals surface area contributed by atoms with Crippen LogP contribution in [0.3, 0.4) is 0 Å². The number of hydroxylamine groups is 1.